The summed E-state index contributed by atoms with van der Waals surface area (Å²) >= 11 is 0. The highest BCUT2D eigenvalue weighted by molar-refractivity contribution is 5.71. The normalized spacial score (nSPS) is 17.4. The largest absolute Gasteiger partial charge is 0.481 e. The number of amides is 1. The van der Waals surface area contributed by atoms with Gasteiger partial charge in [0.2, 0.25) is 0 Å². The SMILES string of the molecule is COC1(C(CC(=O)O)NC(=O)OCc2ccccc2)CCCC1. The molecule has 0 saturated heterocycles. The van der Waals surface area contributed by atoms with Crippen molar-refractivity contribution < 1.29 is 24.2 Å². The third kappa shape index (κ3) is 4.69. The molecule has 0 spiro atoms. The lowest BCUT2D eigenvalue weighted by atomic mass is 9.89. The van der Waals surface area contributed by atoms with Crippen LogP contribution in [0.4, 0.5) is 4.79 Å². The minimum absolute atomic E-state index is 0.145. The van der Waals surface area contributed by atoms with Gasteiger partial charge in [-0.05, 0) is 18.4 Å². The number of carbonyl (C=O) groups is 2. The lowest BCUT2D eigenvalue weighted by Crippen LogP contribution is -2.53. The van der Waals surface area contributed by atoms with Gasteiger partial charge in [-0.3, -0.25) is 4.79 Å². The third-order valence-corrected chi connectivity index (χ3v) is 4.38. The van der Waals surface area contributed by atoms with E-state index in [1.807, 2.05) is 30.3 Å². The van der Waals surface area contributed by atoms with Gasteiger partial charge in [0.05, 0.1) is 18.1 Å². The van der Waals surface area contributed by atoms with Crippen molar-refractivity contribution in [3.8, 4) is 0 Å². The number of carbonyl (C=O) groups excluding carboxylic acids is 1. The Hall–Kier alpha value is -2.08. The van der Waals surface area contributed by atoms with Gasteiger partial charge in [0, 0.05) is 7.11 Å². The Morgan fingerprint density at radius 3 is 2.48 bits per heavy atom. The summed E-state index contributed by atoms with van der Waals surface area (Å²) in [5, 5.41) is 11.8. The van der Waals surface area contributed by atoms with E-state index in [2.05, 4.69) is 5.32 Å². The van der Waals surface area contributed by atoms with Gasteiger partial charge in [-0.1, -0.05) is 43.2 Å². The molecule has 0 aliphatic heterocycles. The first-order chi connectivity index (χ1) is 11.1. The Labute approximate surface area is 135 Å². The van der Waals surface area contributed by atoms with Gasteiger partial charge in [0.1, 0.15) is 6.61 Å². The van der Waals surface area contributed by atoms with Crippen molar-refractivity contribution in [2.24, 2.45) is 0 Å². The molecule has 126 valence electrons. The van der Waals surface area contributed by atoms with Crippen molar-refractivity contribution in [3.05, 3.63) is 35.9 Å². The van der Waals surface area contributed by atoms with Crippen LogP contribution < -0.4 is 5.32 Å². The average Bonchev–Trinajstić information content (AvgIpc) is 3.03. The van der Waals surface area contributed by atoms with Gasteiger partial charge in [-0.25, -0.2) is 4.79 Å². The predicted molar refractivity (Wildman–Crippen MR) is 84.0 cm³/mol. The van der Waals surface area contributed by atoms with Crippen molar-refractivity contribution in [3.63, 3.8) is 0 Å². The molecule has 1 aliphatic rings. The van der Waals surface area contributed by atoms with Gasteiger partial charge in [0.25, 0.3) is 0 Å². The van der Waals surface area contributed by atoms with Crippen LogP contribution in [-0.2, 0) is 20.9 Å². The third-order valence-electron chi connectivity index (χ3n) is 4.38. The van der Waals surface area contributed by atoms with Gasteiger partial charge < -0.3 is 19.9 Å². The van der Waals surface area contributed by atoms with Crippen molar-refractivity contribution >= 4 is 12.1 Å². The van der Waals surface area contributed by atoms with E-state index < -0.39 is 23.7 Å². The molecular weight excluding hydrogens is 298 g/mol. The lowest BCUT2D eigenvalue weighted by Gasteiger charge is -2.35. The van der Waals surface area contributed by atoms with Crippen LogP contribution in [0.3, 0.4) is 0 Å². The van der Waals surface area contributed by atoms with Crippen LogP contribution in [-0.4, -0.2) is 35.9 Å². The summed E-state index contributed by atoms with van der Waals surface area (Å²) < 4.78 is 10.8. The molecule has 2 rings (SSSR count). The van der Waals surface area contributed by atoms with Crippen LogP contribution in [0, 0.1) is 0 Å². The number of carboxylic acids is 1. The summed E-state index contributed by atoms with van der Waals surface area (Å²) in [4.78, 5) is 23.2. The minimum atomic E-state index is -0.971. The second kappa shape index (κ2) is 7.97. The summed E-state index contributed by atoms with van der Waals surface area (Å²) in [6, 6.07) is 8.72. The number of hydrogen-bond donors (Lipinski definition) is 2. The maximum absolute atomic E-state index is 12.0. The van der Waals surface area contributed by atoms with Gasteiger partial charge >= 0.3 is 12.1 Å². The fourth-order valence-corrected chi connectivity index (χ4v) is 3.12. The Morgan fingerprint density at radius 1 is 1.26 bits per heavy atom. The number of alkyl carbamates (subject to hydrolysis) is 1. The van der Waals surface area contributed by atoms with Crippen LogP contribution in [0.2, 0.25) is 0 Å². The fourth-order valence-electron chi connectivity index (χ4n) is 3.12. The summed E-state index contributed by atoms with van der Waals surface area (Å²) in [6.07, 6.45) is 2.59. The first kappa shape index (κ1) is 17.3. The molecule has 0 bridgehead atoms. The highest BCUT2D eigenvalue weighted by Crippen LogP contribution is 2.36. The smallest absolute Gasteiger partial charge is 0.407 e. The summed E-state index contributed by atoms with van der Waals surface area (Å²) in [6.45, 7) is 0.145. The standard InChI is InChI=1S/C17H23NO5/c1-22-17(9-5-6-10-17)14(11-15(19)20)18-16(21)23-12-13-7-3-2-4-8-13/h2-4,7-8,14H,5-6,9-12H2,1H3,(H,18,21)(H,19,20). The molecule has 0 heterocycles. The van der Waals surface area contributed by atoms with E-state index in [-0.39, 0.29) is 13.0 Å². The molecular formula is C17H23NO5. The second-order valence-electron chi connectivity index (χ2n) is 5.83. The zero-order chi connectivity index (χ0) is 16.7. The van der Waals surface area contributed by atoms with Crippen molar-refractivity contribution in [1.82, 2.24) is 5.32 Å². The van der Waals surface area contributed by atoms with E-state index in [0.717, 1.165) is 31.2 Å². The molecule has 1 fully saturated rings. The molecule has 6 heteroatoms. The van der Waals surface area contributed by atoms with Gasteiger partial charge in [-0.15, -0.1) is 0 Å². The Bertz CT molecular complexity index is 525. The van der Waals surface area contributed by atoms with Crippen LogP contribution in [0.1, 0.15) is 37.7 Å². The molecule has 23 heavy (non-hydrogen) atoms. The van der Waals surface area contributed by atoms with Crippen LogP contribution in [0.25, 0.3) is 0 Å². The van der Waals surface area contributed by atoms with Crippen LogP contribution in [0.15, 0.2) is 30.3 Å². The van der Waals surface area contributed by atoms with Crippen molar-refractivity contribution in [1.29, 1.82) is 0 Å². The van der Waals surface area contributed by atoms with E-state index >= 15 is 0 Å². The van der Waals surface area contributed by atoms with E-state index in [1.54, 1.807) is 7.11 Å². The topological polar surface area (TPSA) is 84.9 Å². The molecule has 6 nitrogen and oxygen atoms in total. The van der Waals surface area contributed by atoms with Crippen molar-refractivity contribution in [2.45, 2.75) is 50.4 Å². The Kier molecular flexibility index (Phi) is 5.98. The molecule has 1 atom stereocenters. The quantitative estimate of drug-likeness (QED) is 0.806. The number of nitrogens with one attached hydrogen (secondary N) is 1. The number of aliphatic carboxylic acids is 1. The van der Waals surface area contributed by atoms with E-state index in [0.29, 0.717) is 0 Å². The molecule has 0 radical (unpaired) electrons. The summed E-state index contributed by atoms with van der Waals surface area (Å²) in [7, 11) is 1.57. The first-order valence-corrected chi connectivity index (χ1v) is 7.80. The van der Waals surface area contributed by atoms with E-state index in [4.69, 9.17) is 14.6 Å². The first-order valence-electron chi connectivity index (χ1n) is 7.80. The number of carboxylic acid groups (broad SMARTS) is 1. The monoisotopic (exact) mass is 321 g/mol. The Morgan fingerprint density at radius 2 is 1.91 bits per heavy atom. The van der Waals surface area contributed by atoms with Gasteiger partial charge in [-0.2, -0.15) is 0 Å². The number of benzene rings is 1. The lowest BCUT2D eigenvalue weighted by molar-refractivity contribution is -0.140. The fraction of sp³-hybridized carbons (Fsp3) is 0.529. The van der Waals surface area contributed by atoms with Crippen LogP contribution in [0.5, 0.6) is 0 Å². The molecule has 1 aromatic carbocycles. The molecule has 1 aromatic rings. The highest BCUT2D eigenvalue weighted by Gasteiger charge is 2.43. The number of rotatable bonds is 7. The van der Waals surface area contributed by atoms with E-state index in [9.17, 15) is 9.59 Å². The summed E-state index contributed by atoms with van der Waals surface area (Å²) in [5.74, 6) is -0.971. The maximum Gasteiger partial charge on any atom is 0.407 e. The predicted octanol–water partition coefficient (Wildman–Crippen LogP) is 2.72. The number of hydrogen-bond acceptors (Lipinski definition) is 4. The molecule has 1 unspecified atom stereocenters. The van der Waals surface area contributed by atoms with Gasteiger partial charge in [0.15, 0.2) is 0 Å². The highest BCUT2D eigenvalue weighted by atomic mass is 16.5. The molecule has 0 aromatic heterocycles. The van der Waals surface area contributed by atoms with E-state index in [1.165, 1.54) is 0 Å². The average molecular weight is 321 g/mol. The second-order valence-corrected chi connectivity index (χ2v) is 5.83. The molecule has 1 saturated carbocycles. The molecule has 1 amide bonds. The number of methoxy groups -OCH3 is 1. The van der Waals surface area contributed by atoms with Crippen LogP contribution >= 0.6 is 0 Å². The maximum atomic E-state index is 12.0. The molecule has 1 aliphatic carbocycles. The Balaban J connectivity index is 1.96. The molecule has 2 N–H and O–H groups in total. The number of ether oxygens (including phenoxy) is 2. The minimum Gasteiger partial charge on any atom is -0.481 e. The zero-order valence-corrected chi connectivity index (χ0v) is 13.3. The zero-order valence-electron chi connectivity index (χ0n) is 13.3. The summed E-state index contributed by atoms with van der Waals surface area (Å²) in [5.41, 5.74) is 0.254. The van der Waals surface area contributed by atoms with Crippen molar-refractivity contribution in [2.75, 3.05) is 7.11 Å².